The predicted molar refractivity (Wildman–Crippen MR) is 124 cm³/mol. The van der Waals surface area contributed by atoms with Crippen molar-refractivity contribution < 1.29 is 14.3 Å². The van der Waals surface area contributed by atoms with Crippen LogP contribution in [0.5, 0.6) is 5.75 Å². The molecule has 0 aliphatic heterocycles. The number of carbonyl (C=O) groups excluding carboxylic acids is 2. The fourth-order valence-corrected chi connectivity index (χ4v) is 3.72. The first kappa shape index (κ1) is 24.2. The highest BCUT2D eigenvalue weighted by Crippen LogP contribution is 2.28. The maximum Gasteiger partial charge on any atom is 0.261 e. The molecule has 0 saturated heterocycles. The molecule has 0 aliphatic rings. The Labute approximate surface area is 191 Å². The summed E-state index contributed by atoms with van der Waals surface area (Å²) in [6.45, 7) is 4.69. The molecule has 2 aromatic carbocycles. The Hall–Kier alpha value is -2.05. The molecular formula is C23H28BrClN2O3. The van der Waals surface area contributed by atoms with E-state index in [1.807, 2.05) is 30.3 Å². The van der Waals surface area contributed by atoms with Gasteiger partial charge >= 0.3 is 0 Å². The number of ether oxygens (including phenoxy) is 1. The van der Waals surface area contributed by atoms with Crippen molar-refractivity contribution in [3.63, 3.8) is 0 Å². The van der Waals surface area contributed by atoms with Crippen LogP contribution in [0.4, 0.5) is 0 Å². The predicted octanol–water partition coefficient (Wildman–Crippen LogP) is 4.86. The average Bonchev–Trinajstić information content (AvgIpc) is 2.74. The minimum atomic E-state index is -0.588. The van der Waals surface area contributed by atoms with Gasteiger partial charge in [0.05, 0.1) is 4.47 Å². The Balaban J connectivity index is 2.05. The second-order valence-electron chi connectivity index (χ2n) is 7.01. The molecule has 0 aliphatic carbocycles. The Kier molecular flexibility index (Phi) is 10.2. The van der Waals surface area contributed by atoms with Crippen LogP contribution in [-0.4, -0.2) is 42.5 Å². The quantitative estimate of drug-likeness (QED) is 0.453. The zero-order valence-electron chi connectivity index (χ0n) is 17.4. The number of halogens is 2. The molecule has 30 heavy (non-hydrogen) atoms. The van der Waals surface area contributed by atoms with Gasteiger partial charge in [-0.05, 0) is 59.5 Å². The van der Waals surface area contributed by atoms with Gasteiger partial charge in [0.25, 0.3) is 5.91 Å². The van der Waals surface area contributed by atoms with E-state index in [4.69, 9.17) is 16.3 Å². The van der Waals surface area contributed by atoms with Crippen molar-refractivity contribution in [2.24, 2.45) is 0 Å². The van der Waals surface area contributed by atoms with Crippen LogP contribution >= 0.6 is 27.5 Å². The molecule has 7 heteroatoms. The SMILES string of the molecule is CCCCNC(=O)C(C)N(CCc1ccccc1)C(=O)COc1ccc(Cl)cc1Br. The second kappa shape index (κ2) is 12.6. The van der Waals surface area contributed by atoms with Crippen LogP contribution in [0.15, 0.2) is 53.0 Å². The summed E-state index contributed by atoms with van der Waals surface area (Å²) < 4.78 is 6.36. The molecule has 1 N–H and O–H groups in total. The summed E-state index contributed by atoms with van der Waals surface area (Å²) in [6, 6.07) is 14.4. The third-order valence-electron chi connectivity index (χ3n) is 4.73. The highest BCUT2D eigenvalue weighted by atomic mass is 79.9. The van der Waals surface area contributed by atoms with E-state index in [0.717, 1.165) is 18.4 Å². The lowest BCUT2D eigenvalue weighted by atomic mass is 10.1. The van der Waals surface area contributed by atoms with Crippen LogP contribution in [-0.2, 0) is 16.0 Å². The summed E-state index contributed by atoms with van der Waals surface area (Å²) >= 11 is 9.34. The van der Waals surface area contributed by atoms with Crippen LogP contribution in [0, 0.1) is 0 Å². The fraction of sp³-hybridized carbons (Fsp3) is 0.391. The van der Waals surface area contributed by atoms with Crippen molar-refractivity contribution >= 4 is 39.3 Å². The van der Waals surface area contributed by atoms with E-state index in [9.17, 15) is 9.59 Å². The van der Waals surface area contributed by atoms with Gasteiger partial charge in [-0.25, -0.2) is 0 Å². The molecule has 0 saturated carbocycles. The third kappa shape index (κ3) is 7.65. The van der Waals surface area contributed by atoms with Gasteiger partial charge in [-0.3, -0.25) is 9.59 Å². The van der Waals surface area contributed by atoms with Gasteiger partial charge in [-0.15, -0.1) is 0 Å². The number of nitrogens with zero attached hydrogens (tertiary/aromatic N) is 1. The molecule has 2 amide bonds. The summed E-state index contributed by atoms with van der Waals surface area (Å²) in [5.74, 6) is 0.124. The van der Waals surface area contributed by atoms with Gasteiger partial charge in [-0.2, -0.15) is 0 Å². The zero-order chi connectivity index (χ0) is 21.9. The van der Waals surface area contributed by atoms with Crippen LogP contribution in [0.1, 0.15) is 32.3 Å². The van der Waals surface area contributed by atoms with Crippen LogP contribution in [0.25, 0.3) is 0 Å². The smallest absolute Gasteiger partial charge is 0.261 e. The highest BCUT2D eigenvalue weighted by molar-refractivity contribution is 9.10. The second-order valence-corrected chi connectivity index (χ2v) is 8.30. The maximum absolute atomic E-state index is 13.0. The van der Waals surface area contributed by atoms with Gasteiger partial charge in [0, 0.05) is 18.1 Å². The monoisotopic (exact) mass is 494 g/mol. The first-order chi connectivity index (χ1) is 14.4. The van der Waals surface area contributed by atoms with E-state index in [1.165, 1.54) is 0 Å². The molecule has 0 spiro atoms. The van der Waals surface area contributed by atoms with Gasteiger partial charge in [0.1, 0.15) is 11.8 Å². The topological polar surface area (TPSA) is 58.6 Å². The van der Waals surface area contributed by atoms with Gasteiger partial charge in [0.15, 0.2) is 6.61 Å². The Morgan fingerprint density at radius 1 is 1.20 bits per heavy atom. The number of benzene rings is 2. The lowest BCUT2D eigenvalue weighted by Crippen LogP contribution is -2.50. The minimum Gasteiger partial charge on any atom is -0.483 e. The zero-order valence-corrected chi connectivity index (χ0v) is 19.7. The van der Waals surface area contributed by atoms with Gasteiger partial charge < -0.3 is 15.0 Å². The molecule has 2 aromatic rings. The molecule has 1 unspecified atom stereocenters. The summed E-state index contributed by atoms with van der Waals surface area (Å²) in [7, 11) is 0. The first-order valence-electron chi connectivity index (χ1n) is 10.1. The molecular weight excluding hydrogens is 468 g/mol. The largest absolute Gasteiger partial charge is 0.483 e. The highest BCUT2D eigenvalue weighted by Gasteiger charge is 2.26. The summed E-state index contributed by atoms with van der Waals surface area (Å²) in [5, 5.41) is 3.48. The van der Waals surface area contributed by atoms with Crippen molar-refractivity contribution in [3.05, 3.63) is 63.6 Å². The first-order valence-corrected chi connectivity index (χ1v) is 11.3. The average molecular weight is 496 g/mol. The molecule has 0 bridgehead atoms. The molecule has 162 valence electrons. The van der Waals surface area contributed by atoms with Crippen LogP contribution in [0.2, 0.25) is 5.02 Å². The molecule has 0 heterocycles. The fourth-order valence-electron chi connectivity index (χ4n) is 2.92. The Morgan fingerprint density at radius 3 is 2.60 bits per heavy atom. The van der Waals surface area contributed by atoms with Crippen molar-refractivity contribution in [2.75, 3.05) is 19.7 Å². The minimum absolute atomic E-state index is 0.155. The molecule has 0 radical (unpaired) electrons. The van der Waals surface area contributed by atoms with E-state index in [2.05, 4.69) is 28.2 Å². The normalized spacial score (nSPS) is 11.6. The van der Waals surface area contributed by atoms with Gasteiger partial charge in [-0.1, -0.05) is 55.3 Å². The van der Waals surface area contributed by atoms with Crippen LogP contribution in [0.3, 0.4) is 0 Å². The number of hydrogen-bond donors (Lipinski definition) is 1. The summed E-state index contributed by atoms with van der Waals surface area (Å²) in [5.41, 5.74) is 1.11. The Bertz CT molecular complexity index is 832. The Morgan fingerprint density at radius 2 is 1.93 bits per heavy atom. The van der Waals surface area contributed by atoms with E-state index in [1.54, 1.807) is 30.0 Å². The van der Waals surface area contributed by atoms with E-state index in [-0.39, 0.29) is 18.4 Å². The third-order valence-corrected chi connectivity index (χ3v) is 5.58. The lowest BCUT2D eigenvalue weighted by Gasteiger charge is -2.28. The number of amides is 2. The lowest BCUT2D eigenvalue weighted by molar-refractivity contribution is -0.141. The number of hydrogen-bond acceptors (Lipinski definition) is 3. The van der Waals surface area contributed by atoms with Crippen LogP contribution < -0.4 is 10.1 Å². The summed E-state index contributed by atoms with van der Waals surface area (Å²) in [6.07, 6.45) is 2.56. The molecule has 1 atom stereocenters. The van der Waals surface area contributed by atoms with E-state index in [0.29, 0.717) is 34.8 Å². The number of carbonyl (C=O) groups is 2. The molecule has 0 fully saturated rings. The van der Waals surface area contributed by atoms with Crippen molar-refractivity contribution in [2.45, 2.75) is 39.2 Å². The van der Waals surface area contributed by atoms with Crippen molar-refractivity contribution in [3.8, 4) is 5.75 Å². The molecule has 0 aromatic heterocycles. The molecule has 2 rings (SSSR count). The van der Waals surface area contributed by atoms with E-state index >= 15 is 0 Å². The standard InChI is InChI=1S/C23H28BrClN2O3/c1-3-4-13-26-23(29)17(2)27(14-12-18-8-6-5-7-9-18)22(28)16-30-21-11-10-19(25)15-20(21)24/h5-11,15,17H,3-4,12-14,16H2,1-2H3,(H,26,29). The number of unbranched alkanes of at least 4 members (excludes halogenated alkanes) is 1. The van der Waals surface area contributed by atoms with Crippen molar-refractivity contribution in [1.82, 2.24) is 10.2 Å². The maximum atomic E-state index is 13.0. The number of nitrogens with one attached hydrogen (secondary N) is 1. The number of rotatable bonds is 11. The summed E-state index contributed by atoms with van der Waals surface area (Å²) in [4.78, 5) is 27.1. The van der Waals surface area contributed by atoms with E-state index < -0.39 is 6.04 Å². The van der Waals surface area contributed by atoms with Gasteiger partial charge in [0.2, 0.25) is 5.91 Å². The van der Waals surface area contributed by atoms with Crippen molar-refractivity contribution in [1.29, 1.82) is 0 Å². The molecule has 5 nitrogen and oxygen atoms in total.